The van der Waals surface area contributed by atoms with Gasteiger partial charge in [-0.2, -0.15) is 0 Å². The van der Waals surface area contributed by atoms with E-state index in [1.54, 1.807) is 56.3 Å². The molecule has 1 saturated carbocycles. The van der Waals surface area contributed by atoms with Gasteiger partial charge in [0.05, 0.1) is 18.6 Å². The van der Waals surface area contributed by atoms with Crippen molar-refractivity contribution < 1.29 is 22.7 Å². The fraction of sp³-hybridized carbons (Fsp3) is 0.481. The fourth-order valence-corrected chi connectivity index (χ4v) is 5.84. The van der Waals surface area contributed by atoms with Crippen molar-refractivity contribution in [3.05, 3.63) is 58.1 Å². The second-order valence-electron chi connectivity index (χ2n) is 9.45. The molecule has 0 spiro atoms. The van der Waals surface area contributed by atoms with Crippen LogP contribution in [0.25, 0.3) is 0 Å². The van der Waals surface area contributed by atoms with E-state index in [0.717, 1.165) is 42.7 Å². The summed E-state index contributed by atoms with van der Waals surface area (Å²) in [5.41, 5.74) is 0.830. The molecule has 11 heteroatoms. The first-order chi connectivity index (χ1) is 18.0. The lowest BCUT2D eigenvalue weighted by Crippen LogP contribution is -2.53. The number of para-hydroxylation sites is 2. The monoisotopic (exact) mass is 583 g/mol. The molecule has 2 aromatic carbocycles. The summed E-state index contributed by atoms with van der Waals surface area (Å²) >= 11 is 12.5. The van der Waals surface area contributed by atoms with Crippen LogP contribution in [-0.4, -0.2) is 56.6 Å². The van der Waals surface area contributed by atoms with Crippen LogP contribution in [0.3, 0.4) is 0 Å². The molecule has 1 aliphatic rings. The van der Waals surface area contributed by atoms with Crippen LogP contribution in [0.1, 0.15) is 51.5 Å². The summed E-state index contributed by atoms with van der Waals surface area (Å²) in [6.07, 6.45) is 6.06. The van der Waals surface area contributed by atoms with Gasteiger partial charge >= 0.3 is 0 Å². The Hall–Kier alpha value is -2.49. The van der Waals surface area contributed by atoms with E-state index in [-0.39, 0.29) is 24.2 Å². The molecule has 0 bridgehead atoms. The third-order valence-corrected chi connectivity index (χ3v) is 8.30. The summed E-state index contributed by atoms with van der Waals surface area (Å²) in [6.45, 7) is 3.23. The molecule has 1 fully saturated rings. The van der Waals surface area contributed by atoms with Crippen LogP contribution >= 0.6 is 23.2 Å². The van der Waals surface area contributed by atoms with Crippen LogP contribution in [-0.2, 0) is 26.2 Å². The molecule has 1 atom stereocenters. The Morgan fingerprint density at radius 3 is 2.42 bits per heavy atom. The molecular weight excluding hydrogens is 549 g/mol. The first kappa shape index (κ1) is 30.1. The number of carbonyl (C=O) groups is 2. The van der Waals surface area contributed by atoms with Crippen LogP contribution < -0.4 is 14.4 Å². The molecule has 0 aliphatic heterocycles. The van der Waals surface area contributed by atoms with Crippen molar-refractivity contribution in [2.75, 3.05) is 23.7 Å². The molecule has 1 N–H and O–H groups in total. The van der Waals surface area contributed by atoms with Crippen LogP contribution in [0.5, 0.6) is 5.75 Å². The number of amides is 2. The van der Waals surface area contributed by atoms with Crippen LogP contribution in [0.15, 0.2) is 42.5 Å². The predicted molar refractivity (Wildman–Crippen MR) is 151 cm³/mol. The minimum Gasteiger partial charge on any atom is -0.492 e. The Morgan fingerprint density at radius 1 is 1.11 bits per heavy atom. The Balaban J connectivity index is 1.93. The van der Waals surface area contributed by atoms with Gasteiger partial charge < -0.3 is 15.0 Å². The van der Waals surface area contributed by atoms with Gasteiger partial charge in [-0.3, -0.25) is 13.9 Å². The third-order valence-electron chi connectivity index (χ3n) is 6.59. The lowest BCUT2D eigenvalue weighted by atomic mass is 9.95. The number of hydrogen-bond acceptors (Lipinski definition) is 5. The molecule has 0 aromatic heterocycles. The number of nitrogens with zero attached hydrogens (tertiary/aromatic N) is 2. The van der Waals surface area contributed by atoms with Gasteiger partial charge in [-0.05, 0) is 56.5 Å². The highest BCUT2D eigenvalue weighted by Crippen LogP contribution is 2.30. The number of carbonyl (C=O) groups excluding carboxylic acids is 2. The van der Waals surface area contributed by atoms with Crippen molar-refractivity contribution in [3.63, 3.8) is 0 Å². The van der Waals surface area contributed by atoms with Crippen molar-refractivity contribution in [2.45, 2.75) is 64.6 Å². The van der Waals surface area contributed by atoms with E-state index in [0.29, 0.717) is 28.0 Å². The zero-order chi connectivity index (χ0) is 27.9. The van der Waals surface area contributed by atoms with E-state index in [1.165, 1.54) is 4.90 Å². The Labute approximate surface area is 235 Å². The predicted octanol–water partition coefficient (Wildman–Crippen LogP) is 5.02. The lowest BCUT2D eigenvalue weighted by molar-refractivity contribution is -0.139. The van der Waals surface area contributed by atoms with Crippen molar-refractivity contribution in [1.29, 1.82) is 0 Å². The van der Waals surface area contributed by atoms with E-state index in [4.69, 9.17) is 27.9 Å². The highest BCUT2D eigenvalue weighted by atomic mass is 35.5. The van der Waals surface area contributed by atoms with Crippen molar-refractivity contribution in [3.8, 4) is 5.75 Å². The minimum atomic E-state index is -3.88. The van der Waals surface area contributed by atoms with Crippen molar-refractivity contribution in [1.82, 2.24) is 10.2 Å². The molecule has 0 heterocycles. The number of nitrogens with one attached hydrogen (secondary N) is 1. The summed E-state index contributed by atoms with van der Waals surface area (Å²) in [7, 11) is -3.88. The quantitative estimate of drug-likeness (QED) is 0.400. The van der Waals surface area contributed by atoms with Gasteiger partial charge in [0.25, 0.3) is 0 Å². The molecule has 0 saturated heterocycles. The average Bonchev–Trinajstić information content (AvgIpc) is 2.87. The van der Waals surface area contributed by atoms with Crippen LogP contribution in [0.2, 0.25) is 10.0 Å². The molecule has 38 heavy (non-hydrogen) atoms. The molecule has 3 rings (SSSR count). The van der Waals surface area contributed by atoms with E-state index in [2.05, 4.69) is 5.32 Å². The fourth-order valence-electron chi connectivity index (χ4n) is 4.52. The molecule has 2 amide bonds. The maximum absolute atomic E-state index is 13.8. The number of hydrogen-bond donors (Lipinski definition) is 1. The van der Waals surface area contributed by atoms with Crippen LogP contribution in [0.4, 0.5) is 5.69 Å². The average molecular weight is 585 g/mol. The zero-order valence-corrected chi connectivity index (χ0v) is 24.3. The van der Waals surface area contributed by atoms with Crippen molar-refractivity contribution in [2.24, 2.45) is 0 Å². The maximum Gasteiger partial charge on any atom is 0.244 e. The topological polar surface area (TPSA) is 96.0 Å². The second-order valence-corrected chi connectivity index (χ2v) is 12.2. The Kier molecular flexibility index (Phi) is 10.7. The summed E-state index contributed by atoms with van der Waals surface area (Å²) in [5.74, 6) is -0.515. The van der Waals surface area contributed by atoms with Crippen molar-refractivity contribution >= 4 is 50.7 Å². The van der Waals surface area contributed by atoms with Crippen LogP contribution in [0, 0.1) is 0 Å². The number of benzene rings is 2. The van der Waals surface area contributed by atoms with E-state index in [9.17, 15) is 18.0 Å². The van der Waals surface area contributed by atoms with E-state index in [1.807, 2.05) is 0 Å². The molecule has 1 unspecified atom stereocenters. The molecule has 8 nitrogen and oxygen atoms in total. The number of ether oxygens (including phenoxy) is 1. The molecule has 1 aliphatic carbocycles. The molecular formula is C27H35Cl2N3O5S. The highest BCUT2D eigenvalue weighted by molar-refractivity contribution is 7.92. The summed E-state index contributed by atoms with van der Waals surface area (Å²) in [6, 6.07) is 10.7. The van der Waals surface area contributed by atoms with E-state index >= 15 is 0 Å². The minimum absolute atomic E-state index is 0.00119. The van der Waals surface area contributed by atoms with Gasteiger partial charge in [0.15, 0.2) is 0 Å². The van der Waals surface area contributed by atoms with Gasteiger partial charge in [0, 0.05) is 22.6 Å². The molecule has 2 aromatic rings. The summed E-state index contributed by atoms with van der Waals surface area (Å²) in [5, 5.41) is 3.85. The van der Waals surface area contributed by atoms with E-state index < -0.39 is 28.5 Å². The Bertz CT molecular complexity index is 1230. The number of halogens is 2. The standard InChI is InChI=1S/C27H35Cl2N3O5S/c1-4-37-25-13-9-8-12-24(25)32(38(3,35)36)18-26(33)31(17-20-14-15-21(28)16-23(20)29)19(2)27(34)30-22-10-6-5-7-11-22/h8-9,12-16,19,22H,4-7,10-11,17-18H2,1-3H3,(H,30,34). The lowest BCUT2D eigenvalue weighted by Gasteiger charge is -2.33. The first-order valence-electron chi connectivity index (χ1n) is 12.7. The van der Waals surface area contributed by atoms with Gasteiger partial charge in [-0.15, -0.1) is 0 Å². The number of sulfonamides is 1. The number of anilines is 1. The SMILES string of the molecule is CCOc1ccccc1N(CC(=O)N(Cc1ccc(Cl)cc1Cl)C(C)C(=O)NC1CCCCC1)S(C)(=O)=O. The normalized spacial score (nSPS) is 15.0. The molecule has 208 valence electrons. The largest absolute Gasteiger partial charge is 0.492 e. The summed E-state index contributed by atoms with van der Waals surface area (Å²) < 4.78 is 32.3. The first-order valence-corrected chi connectivity index (χ1v) is 15.3. The van der Waals surface area contributed by atoms with Gasteiger partial charge in [-0.25, -0.2) is 8.42 Å². The smallest absolute Gasteiger partial charge is 0.244 e. The molecule has 0 radical (unpaired) electrons. The Morgan fingerprint density at radius 2 is 1.79 bits per heavy atom. The van der Waals surface area contributed by atoms with Gasteiger partial charge in [0.1, 0.15) is 18.3 Å². The number of rotatable bonds is 11. The highest BCUT2D eigenvalue weighted by Gasteiger charge is 2.32. The second kappa shape index (κ2) is 13.5. The maximum atomic E-state index is 13.8. The van der Waals surface area contributed by atoms with Gasteiger partial charge in [0.2, 0.25) is 21.8 Å². The summed E-state index contributed by atoms with van der Waals surface area (Å²) in [4.78, 5) is 28.4. The third kappa shape index (κ3) is 8.01. The van der Waals surface area contributed by atoms with Gasteiger partial charge in [-0.1, -0.05) is 60.7 Å². The zero-order valence-electron chi connectivity index (χ0n) is 22.0.